The summed E-state index contributed by atoms with van der Waals surface area (Å²) in [6.45, 7) is 2.00. The zero-order valence-corrected chi connectivity index (χ0v) is 15.2. The van der Waals surface area contributed by atoms with Crippen molar-refractivity contribution in [2.75, 3.05) is 5.32 Å². The molecule has 1 aliphatic carbocycles. The van der Waals surface area contributed by atoms with Crippen molar-refractivity contribution in [1.82, 2.24) is 20.5 Å². The van der Waals surface area contributed by atoms with Crippen LogP contribution in [-0.4, -0.2) is 26.8 Å². The standard InChI is InChI=1S/C20H23N7/c1-12-9-18(23-19-10-17(26-27-19)13-5-6-13)25-20(21,24-12)11-14-3-2-4-16-15(14)7-8-22-16/h2-4,7-10,13,22,24H,5-6,11,21H2,1H3,(H2,23,25,26,27). The Morgan fingerprint density at radius 1 is 1.30 bits per heavy atom. The average molecular weight is 361 g/mol. The van der Waals surface area contributed by atoms with Crippen LogP contribution in [0.4, 0.5) is 5.82 Å². The minimum atomic E-state index is -0.914. The first-order valence-electron chi connectivity index (χ1n) is 9.30. The predicted molar refractivity (Wildman–Crippen MR) is 107 cm³/mol. The summed E-state index contributed by atoms with van der Waals surface area (Å²) in [5, 5.41) is 15.2. The van der Waals surface area contributed by atoms with Gasteiger partial charge in [0.2, 0.25) is 0 Å². The molecular formula is C20H23N7. The van der Waals surface area contributed by atoms with Gasteiger partial charge < -0.3 is 15.6 Å². The maximum Gasteiger partial charge on any atom is 0.188 e. The first-order chi connectivity index (χ1) is 13.1. The molecule has 5 rings (SSSR count). The molecule has 3 aromatic rings. The Hall–Kier alpha value is -3.06. The predicted octanol–water partition coefficient (Wildman–Crippen LogP) is 2.94. The number of nitrogens with zero attached hydrogens (tertiary/aromatic N) is 2. The molecular weight excluding hydrogens is 338 g/mol. The molecule has 1 aliphatic heterocycles. The summed E-state index contributed by atoms with van der Waals surface area (Å²) in [6, 6.07) is 10.3. The van der Waals surface area contributed by atoms with Gasteiger partial charge in [0.05, 0.1) is 0 Å². The van der Waals surface area contributed by atoms with Crippen molar-refractivity contribution in [3.8, 4) is 0 Å². The zero-order chi connectivity index (χ0) is 18.4. The minimum Gasteiger partial charge on any atom is -0.361 e. The Kier molecular flexibility index (Phi) is 3.58. The van der Waals surface area contributed by atoms with Crippen molar-refractivity contribution in [2.45, 2.75) is 37.9 Å². The molecule has 0 spiro atoms. The van der Waals surface area contributed by atoms with Crippen molar-refractivity contribution in [2.24, 2.45) is 10.7 Å². The first kappa shape index (κ1) is 16.1. The van der Waals surface area contributed by atoms with Crippen LogP contribution in [0, 0.1) is 0 Å². The number of aromatic amines is 2. The van der Waals surface area contributed by atoms with Crippen LogP contribution in [0.15, 0.2) is 53.3 Å². The van der Waals surface area contributed by atoms with Crippen LogP contribution in [0.25, 0.3) is 10.9 Å². The van der Waals surface area contributed by atoms with Gasteiger partial charge in [-0.25, -0.2) is 4.99 Å². The van der Waals surface area contributed by atoms with E-state index in [0.717, 1.165) is 22.6 Å². The van der Waals surface area contributed by atoms with Gasteiger partial charge in [0.15, 0.2) is 11.6 Å². The molecule has 3 heterocycles. The lowest BCUT2D eigenvalue weighted by Crippen LogP contribution is -2.55. The molecule has 1 atom stereocenters. The second-order valence-electron chi connectivity index (χ2n) is 7.51. The number of fused-ring (bicyclic) bond motifs is 1. The van der Waals surface area contributed by atoms with Crippen LogP contribution in [0.1, 0.15) is 36.9 Å². The topological polar surface area (TPSA) is 107 Å². The number of anilines is 1. The lowest BCUT2D eigenvalue weighted by molar-refractivity contribution is 0.378. The van der Waals surface area contributed by atoms with Gasteiger partial charge in [-0.15, -0.1) is 0 Å². The first-order valence-corrected chi connectivity index (χ1v) is 9.30. The van der Waals surface area contributed by atoms with E-state index in [1.165, 1.54) is 23.9 Å². The molecule has 0 saturated heterocycles. The Bertz CT molecular complexity index is 1050. The third kappa shape index (κ3) is 3.21. The smallest absolute Gasteiger partial charge is 0.188 e. The van der Waals surface area contributed by atoms with Crippen molar-refractivity contribution in [3.05, 3.63) is 59.6 Å². The highest BCUT2D eigenvalue weighted by Gasteiger charge is 2.29. The Morgan fingerprint density at radius 3 is 3.04 bits per heavy atom. The van der Waals surface area contributed by atoms with Crippen LogP contribution in [-0.2, 0) is 6.42 Å². The average Bonchev–Trinajstić information content (AvgIpc) is 3.15. The number of H-pyrrole nitrogens is 2. The Morgan fingerprint density at radius 2 is 2.19 bits per heavy atom. The van der Waals surface area contributed by atoms with Crippen LogP contribution < -0.4 is 16.4 Å². The number of nitrogens with one attached hydrogen (secondary N) is 4. The number of nitrogens with two attached hydrogens (primary N) is 1. The van der Waals surface area contributed by atoms with E-state index in [4.69, 9.17) is 10.7 Å². The van der Waals surface area contributed by atoms with E-state index >= 15 is 0 Å². The van der Waals surface area contributed by atoms with Crippen LogP contribution in [0.2, 0.25) is 0 Å². The second kappa shape index (κ2) is 5.99. The molecule has 138 valence electrons. The second-order valence-corrected chi connectivity index (χ2v) is 7.51. The number of hydrogen-bond donors (Lipinski definition) is 5. The highest BCUT2D eigenvalue weighted by Crippen LogP contribution is 2.39. The molecule has 2 aromatic heterocycles. The number of rotatable bonds is 4. The molecule has 0 radical (unpaired) electrons. The van der Waals surface area contributed by atoms with E-state index in [1.807, 2.05) is 25.3 Å². The zero-order valence-electron chi connectivity index (χ0n) is 15.2. The normalized spacial score (nSPS) is 22.3. The summed E-state index contributed by atoms with van der Waals surface area (Å²) in [7, 11) is 0. The third-order valence-corrected chi connectivity index (χ3v) is 5.10. The molecule has 1 unspecified atom stereocenters. The number of benzene rings is 1. The molecule has 0 amide bonds. The molecule has 1 saturated carbocycles. The van der Waals surface area contributed by atoms with E-state index in [1.54, 1.807) is 0 Å². The maximum atomic E-state index is 6.63. The molecule has 7 heteroatoms. The molecule has 1 fully saturated rings. The number of allylic oxidation sites excluding steroid dienone is 1. The summed E-state index contributed by atoms with van der Waals surface area (Å²) in [4.78, 5) is 7.99. The van der Waals surface area contributed by atoms with E-state index in [0.29, 0.717) is 18.2 Å². The van der Waals surface area contributed by atoms with Crippen LogP contribution in [0.3, 0.4) is 0 Å². The van der Waals surface area contributed by atoms with Crippen molar-refractivity contribution in [3.63, 3.8) is 0 Å². The van der Waals surface area contributed by atoms with Gasteiger partial charge in [-0.1, -0.05) is 12.1 Å². The largest absolute Gasteiger partial charge is 0.361 e. The third-order valence-electron chi connectivity index (χ3n) is 5.10. The summed E-state index contributed by atoms with van der Waals surface area (Å²) < 4.78 is 0. The Balaban J connectivity index is 1.41. The van der Waals surface area contributed by atoms with Crippen molar-refractivity contribution >= 4 is 22.6 Å². The van der Waals surface area contributed by atoms with Gasteiger partial charge in [0, 0.05) is 46.9 Å². The molecule has 27 heavy (non-hydrogen) atoms. The van der Waals surface area contributed by atoms with Gasteiger partial charge >= 0.3 is 0 Å². The van der Waals surface area contributed by atoms with Gasteiger partial charge in [-0.3, -0.25) is 10.8 Å². The number of aliphatic imine (C=N–C) groups is 1. The summed E-state index contributed by atoms with van der Waals surface area (Å²) in [5.74, 6) is 1.21. The SMILES string of the molecule is CC1=CC(Nc2cc(C3CC3)[nH]n2)=NC(N)(Cc2cccc3[nH]ccc23)N1. The number of hydrogen-bond acceptors (Lipinski definition) is 5. The Labute approximate surface area is 157 Å². The van der Waals surface area contributed by atoms with Gasteiger partial charge in [0.1, 0.15) is 5.84 Å². The molecule has 7 nitrogen and oxygen atoms in total. The summed E-state index contributed by atoms with van der Waals surface area (Å²) >= 11 is 0. The molecule has 2 aliphatic rings. The number of amidine groups is 1. The molecule has 1 aromatic carbocycles. The fourth-order valence-electron chi connectivity index (χ4n) is 3.74. The van der Waals surface area contributed by atoms with Gasteiger partial charge in [-0.2, -0.15) is 5.10 Å². The minimum absolute atomic E-state index is 0.576. The monoisotopic (exact) mass is 361 g/mol. The van der Waals surface area contributed by atoms with E-state index < -0.39 is 5.79 Å². The fourth-order valence-corrected chi connectivity index (χ4v) is 3.74. The number of aromatic nitrogens is 3. The van der Waals surface area contributed by atoms with E-state index in [-0.39, 0.29) is 0 Å². The highest BCUT2D eigenvalue weighted by atomic mass is 15.3. The summed E-state index contributed by atoms with van der Waals surface area (Å²) in [6.07, 6.45) is 6.95. The quantitative estimate of drug-likeness (QED) is 0.492. The van der Waals surface area contributed by atoms with Gasteiger partial charge in [0.25, 0.3) is 0 Å². The summed E-state index contributed by atoms with van der Waals surface area (Å²) in [5.41, 5.74) is 11.0. The van der Waals surface area contributed by atoms with E-state index in [9.17, 15) is 0 Å². The van der Waals surface area contributed by atoms with Crippen LogP contribution >= 0.6 is 0 Å². The van der Waals surface area contributed by atoms with Crippen molar-refractivity contribution in [1.29, 1.82) is 0 Å². The maximum absolute atomic E-state index is 6.63. The van der Waals surface area contributed by atoms with Crippen LogP contribution in [0.5, 0.6) is 0 Å². The lowest BCUT2D eigenvalue weighted by Gasteiger charge is -2.32. The highest BCUT2D eigenvalue weighted by molar-refractivity contribution is 6.04. The lowest BCUT2D eigenvalue weighted by atomic mass is 10.0. The van der Waals surface area contributed by atoms with Crippen molar-refractivity contribution < 1.29 is 0 Å². The van der Waals surface area contributed by atoms with E-state index in [2.05, 4.69) is 50.1 Å². The molecule has 6 N–H and O–H groups in total. The fraction of sp³-hybridized carbons (Fsp3) is 0.300. The van der Waals surface area contributed by atoms with Gasteiger partial charge in [-0.05, 0) is 43.5 Å². The molecule has 0 bridgehead atoms.